The molecular weight excluding hydrogens is 292 g/mol. The van der Waals surface area contributed by atoms with Crippen LogP contribution in [0.4, 0.5) is 8.78 Å². The second kappa shape index (κ2) is 6.01. The highest BCUT2D eigenvalue weighted by Crippen LogP contribution is 2.34. The molecular formula is C16H11F2NOS. The van der Waals surface area contributed by atoms with Gasteiger partial charge in [0, 0.05) is 16.5 Å². The summed E-state index contributed by atoms with van der Waals surface area (Å²) in [6, 6.07) is 16.4. The maximum Gasteiger partial charge on any atom is 0.387 e. The van der Waals surface area contributed by atoms with E-state index in [4.69, 9.17) is 0 Å². The van der Waals surface area contributed by atoms with E-state index in [-0.39, 0.29) is 5.75 Å². The molecule has 21 heavy (non-hydrogen) atoms. The minimum atomic E-state index is -2.85. The number of thiazole rings is 1. The van der Waals surface area contributed by atoms with E-state index in [1.165, 1.54) is 17.4 Å². The van der Waals surface area contributed by atoms with Crippen molar-refractivity contribution in [3.8, 4) is 27.6 Å². The number of halogens is 2. The summed E-state index contributed by atoms with van der Waals surface area (Å²) in [5.74, 6) is 0.136. The Labute approximate surface area is 124 Å². The molecule has 1 aromatic heterocycles. The van der Waals surface area contributed by atoms with Crippen LogP contribution in [-0.2, 0) is 0 Å². The lowest BCUT2D eigenvalue weighted by atomic mass is 10.1. The first-order valence-electron chi connectivity index (χ1n) is 6.29. The maximum atomic E-state index is 12.4. The first-order valence-corrected chi connectivity index (χ1v) is 7.17. The number of alkyl halides is 2. The van der Waals surface area contributed by atoms with Crippen LogP contribution in [0.1, 0.15) is 0 Å². The van der Waals surface area contributed by atoms with Crippen LogP contribution in [-0.4, -0.2) is 11.6 Å². The average Bonchev–Trinajstić information content (AvgIpc) is 2.98. The summed E-state index contributed by atoms with van der Waals surface area (Å²) in [5, 5.41) is 2.69. The summed E-state index contributed by atoms with van der Waals surface area (Å²) in [5.41, 5.74) is 2.20. The molecule has 0 unspecified atom stereocenters. The molecule has 0 aliphatic heterocycles. The fraction of sp³-hybridized carbons (Fsp3) is 0.0625. The molecule has 2 nitrogen and oxygen atoms in total. The van der Waals surface area contributed by atoms with Gasteiger partial charge in [-0.2, -0.15) is 8.78 Å². The van der Waals surface area contributed by atoms with Gasteiger partial charge in [0.2, 0.25) is 0 Å². The lowest BCUT2D eigenvalue weighted by Crippen LogP contribution is -2.03. The van der Waals surface area contributed by atoms with Gasteiger partial charge in [-0.25, -0.2) is 4.98 Å². The molecule has 2 aromatic carbocycles. The van der Waals surface area contributed by atoms with Gasteiger partial charge in [-0.15, -0.1) is 11.3 Å². The minimum absolute atomic E-state index is 0.136. The van der Waals surface area contributed by atoms with E-state index in [0.29, 0.717) is 11.3 Å². The summed E-state index contributed by atoms with van der Waals surface area (Å²) in [6.07, 6.45) is 0. The zero-order chi connectivity index (χ0) is 14.7. The lowest BCUT2D eigenvalue weighted by molar-refractivity contribution is -0.0494. The van der Waals surface area contributed by atoms with Crippen molar-refractivity contribution in [1.29, 1.82) is 0 Å². The van der Waals surface area contributed by atoms with Crippen LogP contribution < -0.4 is 4.74 Å². The van der Waals surface area contributed by atoms with Crippen LogP contribution in [0.15, 0.2) is 60.0 Å². The number of benzene rings is 2. The highest BCUT2D eigenvalue weighted by molar-refractivity contribution is 7.13. The first kappa shape index (κ1) is 13.7. The summed E-state index contributed by atoms with van der Waals surface area (Å²) < 4.78 is 29.4. The molecule has 0 saturated heterocycles. The monoisotopic (exact) mass is 303 g/mol. The number of hydrogen-bond acceptors (Lipinski definition) is 3. The fourth-order valence-electron chi connectivity index (χ4n) is 1.99. The van der Waals surface area contributed by atoms with E-state index in [1.54, 1.807) is 18.2 Å². The lowest BCUT2D eigenvalue weighted by Gasteiger charge is -2.08. The van der Waals surface area contributed by atoms with Gasteiger partial charge in [0.05, 0.1) is 5.69 Å². The van der Waals surface area contributed by atoms with Gasteiger partial charge in [0.15, 0.2) is 0 Å². The summed E-state index contributed by atoms with van der Waals surface area (Å²) in [6.45, 7) is -2.85. The van der Waals surface area contributed by atoms with Crippen molar-refractivity contribution in [1.82, 2.24) is 4.98 Å². The predicted octanol–water partition coefficient (Wildman–Crippen LogP) is 5.08. The smallest absolute Gasteiger partial charge is 0.387 e. The Morgan fingerprint density at radius 3 is 2.43 bits per heavy atom. The summed E-state index contributed by atoms with van der Waals surface area (Å²) in [4.78, 5) is 4.51. The minimum Gasteiger partial charge on any atom is -0.434 e. The van der Waals surface area contributed by atoms with E-state index in [9.17, 15) is 8.78 Å². The Kier molecular flexibility index (Phi) is 3.92. The van der Waals surface area contributed by atoms with Gasteiger partial charge in [0.1, 0.15) is 10.8 Å². The van der Waals surface area contributed by atoms with Gasteiger partial charge in [0.25, 0.3) is 0 Å². The molecule has 0 N–H and O–H groups in total. The SMILES string of the molecule is FC(F)Oc1ccccc1-c1csc(-c2ccccc2)n1. The van der Waals surface area contributed by atoms with Crippen molar-refractivity contribution >= 4 is 11.3 Å². The second-order valence-electron chi connectivity index (χ2n) is 4.28. The van der Waals surface area contributed by atoms with Crippen molar-refractivity contribution in [2.75, 3.05) is 0 Å². The van der Waals surface area contributed by atoms with Crippen LogP contribution >= 0.6 is 11.3 Å². The molecule has 3 rings (SSSR count). The van der Waals surface area contributed by atoms with Gasteiger partial charge >= 0.3 is 6.61 Å². The largest absolute Gasteiger partial charge is 0.434 e. The quantitative estimate of drug-likeness (QED) is 0.670. The van der Waals surface area contributed by atoms with Crippen molar-refractivity contribution in [3.63, 3.8) is 0 Å². The van der Waals surface area contributed by atoms with Crippen molar-refractivity contribution in [2.45, 2.75) is 6.61 Å². The molecule has 0 aliphatic carbocycles. The van der Waals surface area contributed by atoms with Crippen LogP contribution in [0, 0.1) is 0 Å². The number of nitrogens with zero attached hydrogens (tertiary/aromatic N) is 1. The highest BCUT2D eigenvalue weighted by Gasteiger charge is 2.13. The van der Waals surface area contributed by atoms with Crippen LogP contribution in [0.2, 0.25) is 0 Å². The number of aromatic nitrogens is 1. The molecule has 3 aromatic rings. The zero-order valence-electron chi connectivity index (χ0n) is 10.9. The van der Waals surface area contributed by atoms with Crippen molar-refractivity contribution in [2.24, 2.45) is 0 Å². The number of para-hydroxylation sites is 1. The maximum absolute atomic E-state index is 12.4. The number of rotatable bonds is 4. The third kappa shape index (κ3) is 3.08. The van der Waals surface area contributed by atoms with E-state index in [0.717, 1.165) is 10.6 Å². The Morgan fingerprint density at radius 1 is 0.952 bits per heavy atom. The summed E-state index contributed by atoms with van der Waals surface area (Å²) in [7, 11) is 0. The van der Waals surface area contributed by atoms with Crippen LogP contribution in [0.25, 0.3) is 21.8 Å². The molecule has 0 fully saturated rings. The van der Waals surface area contributed by atoms with Crippen LogP contribution in [0.3, 0.4) is 0 Å². The molecule has 1 heterocycles. The standard InChI is InChI=1S/C16H11F2NOS/c17-16(18)20-14-9-5-4-8-12(14)13-10-21-15(19-13)11-6-2-1-3-7-11/h1-10,16H. The molecule has 0 saturated carbocycles. The van der Waals surface area contributed by atoms with Gasteiger partial charge in [-0.1, -0.05) is 42.5 Å². The number of hydrogen-bond donors (Lipinski definition) is 0. The molecule has 5 heteroatoms. The second-order valence-corrected chi connectivity index (χ2v) is 5.14. The Bertz CT molecular complexity index is 728. The van der Waals surface area contributed by atoms with E-state index < -0.39 is 6.61 Å². The molecule has 106 valence electrons. The Balaban J connectivity index is 1.97. The zero-order valence-corrected chi connectivity index (χ0v) is 11.7. The molecule has 0 radical (unpaired) electrons. The molecule has 0 aliphatic rings. The van der Waals surface area contributed by atoms with Crippen LogP contribution in [0.5, 0.6) is 5.75 Å². The van der Waals surface area contributed by atoms with Gasteiger partial charge in [-0.3, -0.25) is 0 Å². The topological polar surface area (TPSA) is 22.1 Å². The van der Waals surface area contributed by atoms with E-state index in [1.807, 2.05) is 35.7 Å². The molecule has 0 bridgehead atoms. The average molecular weight is 303 g/mol. The normalized spacial score (nSPS) is 10.8. The molecule has 0 atom stereocenters. The first-order chi connectivity index (χ1) is 10.2. The molecule has 0 amide bonds. The number of ether oxygens (including phenoxy) is 1. The molecule has 0 spiro atoms. The highest BCUT2D eigenvalue weighted by atomic mass is 32.1. The van der Waals surface area contributed by atoms with Crippen molar-refractivity contribution in [3.05, 3.63) is 60.0 Å². The Morgan fingerprint density at radius 2 is 1.67 bits per heavy atom. The van der Waals surface area contributed by atoms with Crippen molar-refractivity contribution < 1.29 is 13.5 Å². The third-order valence-electron chi connectivity index (χ3n) is 2.90. The Hall–Kier alpha value is -2.27. The van der Waals surface area contributed by atoms with Gasteiger partial charge < -0.3 is 4.74 Å². The fourth-order valence-corrected chi connectivity index (χ4v) is 2.81. The van der Waals surface area contributed by atoms with E-state index in [2.05, 4.69) is 9.72 Å². The summed E-state index contributed by atoms with van der Waals surface area (Å²) >= 11 is 1.47. The van der Waals surface area contributed by atoms with Gasteiger partial charge in [-0.05, 0) is 12.1 Å². The van der Waals surface area contributed by atoms with E-state index >= 15 is 0 Å². The predicted molar refractivity (Wildman–Crippen MR) is 79.6 cm³/mol. The third-order valence-corrected chi connectivity index (χ3v) is 3.80.